The molecule has 4 aliphatic rings. The van der Waals surface area contributed by atoms with Crippen LogP contribution in [0.25, 0.3) is 11.1 Å². The van der Waals surface area contributed by atoms with Gasteiger partial charge in [-0.1, -0.05) is 78.0 Å². The average molecular weight is 767 g/mol. The summed E-state index contributed by atoms with van der Waals surface area (Å²) in [4.78, 5) is 0. The molecule has 1 saturated carbocycles. The van der Waals surface area contributed by atoms with Crippen LogP contribution in [0.2, 0.25) is 0 Å². The Morgan fingerprint density at radius 3 is 2.45 bits per heavy atom. The van der Waals surface area contributed by atoms with E-state index in [0.29, 0.717) is 41.6 Å². The maximum Gasteiger partial charge on any atom is 0.161 e. The van der Waals surface area contributed by atoms with E-state index < -0.39 is 12.2 Å². The number of phenols is 2. The number of hydrogen-bond acceptors (Lipinski definition) is 7. The molecule has 0 radical (unpaired) electrons. The van der Waals surface area contributed by atoms with E-state index in [4.69, 9.17) is 14.2 Å². The maximum atomic E-state index is 12.0. The highest BCUT2D eigenvalue weighted by atomic mass is 16.5. The molecule has 1 aliphatic heterocycles. The van der Waals surface area contributed by atoms with Crippen LogP contribution in [-0.2, 0) is 19.3 Å². The number of aliphatic hydroxyl groups excluding tert-OH is 2. The Morgan fingerprint density at radius 1 is 0.911 bits per heavy atom. The Balaban J connectivity index is 1.31. The molecule has 0 spiro atoms. The monoisotopic (exact) mass is 766 g/mol. The second kappa shape index (κ2) is 17.9. The highest BCUT2D eigenvalue weighted by Crippen LogP contribution is 2.56. The molecule has 7 heteroatoms. The molecule has 3 aromatic rings. The summed E-state index contributed by atoms with van der Waals surface area (Å²) in [6.45, 7) is 9.20. The highest BCUT2D eigenvalue weighted by Gasteiger charge is 2.42. The van der Waals surface area contributed by atoms with Gasteiger partial charge < -0.3 is 34.6 Å². The summed E-state index contributed by atoms with van der Waals surface area (Å²) in [5.74, 6) is 4.34. The van der Waals surface area contributed by atoms with Crippen molar-refractivity contribution in [3.05, 3.63) is 76.4 Å². The fourth-order valence-corrected chi connectivity index (χ4v) is 10.6. The van der Waals surface area contributed by atoms with Gasteiger partial charge >= 0.3 is 0 Å². The summed E-state index contributed by atoms with van der Waals surface area (Å²) >= 11 is 0. The van der Waals surface area contributed by atoms with E-state index >= 15 is 0 Å². The van der Waals surface area contributed by atoms with Crippen molar-refractivity contribution < 1.29 is 34.6 Å². The van der Waals surface area contributed by atoms with Gasteiger partial charge in [-0.2, -0.15) is 0 Å². The number of fused-ring (bicyclic) bond motifs is 5. The third-order valence-corrected chi connectivity index (χ3v) is 13.5. The molecule has 0 amide bonds. The van der Waals surface area contributed by atoms with Crippen molar-refractivity contribution >= 4 is 0 Å². The molecule has 7 unspecified atom stereocenters. The Bertz CT molecular complexity index is 1840. The van der Waals surface area contributed by atoms with Crippen LogP contribution in [0.3, 0.4) is 0 Å². The summed E-state index contributed by atoms with van der Waals surface area (Å²) in [6.07, 6.45) is 17.4. The molecule has 0 bridgehead atoms. The van der Waals surface area contributed by atoms with E-state index in [0.717, 1.165) is 96.2 Å². The molecule has 304 valence electrons. The van der Waals surface area contributed by atoms with E-state index in [1.165, 1.54) is 37.7 Å². The number of ether oxygens (including phenoxy) is 3. The zero-order chi connectivity index (χ0) is 39.5. The van der Waals surface area contributed by atoms with Gasteiger partial charge in [-0.25, -0.2) is 0 Å². The van der Waals surface area contributed by atoms with Gasteiger partial charge in [0.15, 0.2) is 11.5 Å². The number of aliphatic hydroxyl groups is 2. The predicted octanol–water partition coefficient (Wildman–Crippen LogP) is 10.8. The van der Waals surface area contributed by atoms with Gasteiger partial charge in [-0.05, 0) is 139 Å². The molecular formula is C49H66O7. The Labute approximate surface area is 335 Å². The number of phenolic OH excluding ortho intramolecular Hbond substituents is 2. The van der Waals surface area contributed by atoms with Crippen molar-refractivity contribution in [2.45, 2.75) is 142 Å². The third-order valence-electron chi connectivity index (χ3n) is 13.5. The van der Waals surface area contributed by atoms with E-state index in [2.05, 4.69) is 45.9 Å². The number of unbranched alkanes of at least 4 members (excludes halogenated alkanes) is 2. The molecule has 1 heterocycles. The van der Waals surface area contributed by atoms with Crippen molar-refractivity contribution in [3.63, 3.8) is 0 Å². The first-order chi connectivity index (χ1) is 27.1. The minimum absolute atomic E-state index is 0.0740. The van der Waals surface area contributed by atoms with E-state index in [-0.39, 0.29) is 30.3 Å². The van der Waals surface area contributed by atoms with Crippen molar-refractivity contribution in [2.75, 3.05) is 13.7 Å². The summed E-state index contributed by atoms with van der Waals surface area (Å²) < 4.78 is 19.4. The zero-order valence-electron chi connectivity index (χ0n) is 34.4. The van der Waals surface area contributed by atoms with Crippen molar-refractivity contribution in [2.24, 2.45) is 29.6 Å². The van der Waals surface area contributed by atoms with Crippen molar-refractivity contribution in [3.8, 4) is 39.9 Å². The summed E-state index contributed by atoms with van der Waals surface area (Å²) in [5, 5.41) is 44.2. The highest BCUT2D eigenvalue weighted by molar-refractivity contribution is 5.83. The molecule has 0 aromatic heterocycles. The molecule has 4 N–H and O–H groups in total. The van der Waals surface area contributed by atoms with Crippen LogP contribution in [0, 0.1) is 29.6 Å². The molecule has 7 nitrogen and oxygen atoms in total. The van der Waals surface area contributed by atoms with E-state index in [1.807, 2.05) is 24.3 Å². The second-order valence-electron chi connectivity index (χ2n) is 17.9. The van der Waals surface area contributed by atoms with E-state index in [1.54, 1.807) is 13.2 Å². The van der Waals surface area contributed by atoms with Gasteiger partial charge in [0.05, 0.1) is 19.3 Å². The zero-order valence-corrected chi connectivity index (χ0v) is 34.4. The Kier molecular flexibility index (Phi) is 12.9. The topological polar surface area (TPSA) is 109 Å². The quantitative estimate of drug-likeness (QED) is 0.0955. The van der Waals surface area contributed by atoms with Crippen LogP contribution in [0.4, 0.5) is 0 Å². The van der Waals surface area contributed by atoms with Crippen LogP contribution in [0.1, 0.15) is 138 Å². The van der Waals surface area contributed by atoms with Gasteiger partial charge in [0.1, 0.15) is 23.4 Å². The summed E-state index contributed by atoms with van der Waals surface area (Å²) in [6, 6.07) is 11.5. The predicted molar refractivity (Wildman–Crippen MR) is 223 cm³/mol. The standard InChI is InChI=1S/C49H66O7/c1-6-7-9-12-30(4)37-22-32(16-15-31(37)19-20-50)38-23-34-25-42(52)35(21-29(2)3)24-39(34)48-46(54-5)28-44-40(47(38)48)27-43(53)49(56-44)33-17-18-41(51)45(26-33)55-36-13-10-8-11-14-36/h15-18,24-26,28-32,36-38,43,49-53H,6-14,19-23,27H2,1-5H3. The molecule has 3 aliphatic carbocycles. The smallest absolute Gasteiger partial charge is 0.161 e. The molecule has 1 fully saturated rings. The largest absolute Gasteiger partial charge is 0.508 e. The Hall–Kier alpha value is -3.68. The van der Waals surface area contributed by atoms with Gasteiger partial charge in [-0.15, -0.1) is 0 Å². The van der Waals surface area contributed by atoms with Gasteiger partial charge in [0, 0.05) is 30.2 Å². The minimum Gasteiger partial charge on any atom is -0.508 e. The first kappa shape index (κ1) is 40.5. The first-order valence-electron chi connectivity index (χ1n) is 21.8. The van der Waals surface area contributed by atoms with Gasteiger partial charge in [-0.3, -0.25) is 0 Å². The Morgan fingerprint density at radius 2 is 1.71 bits per heavy atom. The lowest BCUT2D eigenvalue weighted by Crippen LogP contribution is -2.34. The molecule has 3 aromatic carbocycles. The summed E-state index contributed by atoms with van der Waals surface area (Å²) in [7, 11) is 1.72. The molecule has 7 rings (SSSR count). The van der Waals surface area contributed by atoms with Gasteiger partial charge in [0.25, 0.3) is 0 Å². The lowest BCUT2D eigenvalue weighted by Gasteiger charge is -2.43. The van der Waals surface area contributed by atoms with Gasteiger partial charge in [0.2, 0.25) is 0 Å². The molecule has 0 saturated heterocycles. The van der Waals surface area contributed by atoms with Crippen molar-refractivity contribution in [1.82, 2.24) is 0 Å². The summed E-state index contributed by atoms with van der Waals surface area (Å²) in [5.41, 5.74) is 7.16. The SMILES string of the molecule is CCCCCC(C)C1CC(C2Cc3cc(O)c(CC(C)C)cc3-c3c(OC)cc4c(c32)CC(O)C(c2ccc(O)c(OC3CCCCC3)c2)O4)C=CC1CCO. The van der Waals surface area contributed by atoms with Crippen LogP contribution in [0.5, 0.6) is 28.7 Å². The van der Waals surface area contributed by atoms with Crippen LogP contribution in [0.15, 0.2) is 48.6 Å². The number of aromatic hydroxyl groups is 2. The fourth-order valence-electron chi connectivity index (χ4n) is 10.6. The normalized spacial score (nSPS) is 25.2. The maximum absolute atomic E-state index is 12.0. The fraction of sp³-hybridized carbons (Fsp3) is 0.592. The first-order valence-corrected chi connectivity index (χ1v) is 21.8. The number of benzene rings is 3. The van der Waals surface area contributed by atoms with Crippen LogP contribution in [-0.4, -0.2) is 46.4 Å². The van der Waals surface area contributed by atoms with Crippen LogP contribution >= 0.6 is 0 Å². The number of methoxy groups -OCH3 is 1. The van der Waals surface area contributed by atoms with Crippen molar-refractivity contribution in [1.29, 1.82) is 0 Å². The minimum atomic E-state index is -0.826. The lowest BCUT2D eigenvalue weighted by atomic mass is 9.63. The molecule has 56 heavy (non-hydrogen) atoms. The van der Waals surface area contributed by atoms with Crippen LogP contribution < -0.4 is 14.2 Å². The molecular weight excluding hydrogens is 701 g/mol. The third kappa shape index (κ3) is 8.45. The lowest BCUT2D eigenvalue weighted by molar-refractivity contribution is 0.0198. The number of rotatable bonds is 14. The average Bonchev–Trinajstić information content (AvgIpc) is 3.19. The number of allylic oxidation sites excluding steroid dienone is 2. The number of hydrogen-bond donors (Lipinski definition) is 4. The van der Waals surface area contributed by atoms with E-state index in [9.17, 15) is 20.4 Å². The molecule has 7 atom stereocenters. The second-order valence-corrected chi connectivity index (χ2v) is 17.9.